The molecule has 0 aliphatic carbocycles. The molecule has 0 amide bonds. The molecule has 0 atom stereocenters. The van der Waals surface area contributed by atoms with Crippen LogP contribution >= 0.6 is 11.6 Å². The standard InChI is InChI=1S/C9H9ClO.C2H6/c1-7(2)11-9-5-3-4-8(10)6-9;1-2/h3-6H,1H2,2H3;1-2H3. The summed E-state index contributed by atoms with van der Waals surface area (Å²) in [6.45, 7) is 9.41. The van der Waals surface area contributed by atoms with Crippen LogP contribution in [0.2, 0.25) is 5.02 Å². The third-order valence-electron chi connectivity index (χ3n) is 1.09. The second kappa shape index (κ2) is 6.55. The Morgan fingerprint density at radius 1 is 1.38 bits per heavy atom. The van der Waals surface area contributed by atoms with Crippen molar-refractivity contribution in [3.63, 3.8) is 0 Å². The van der Waals surface area contributed by atoms with Crippen LogP contribution < -0.4 is 4.74 Å². The predicted molar refractivity (Wildman–Crippen MR) is 58.2 cm³/mol. The fourth-order valence-corrected chi connectivity index (χ4v) is 0.912. The van der Waals surface area contributed by atoms with Gasteiger partial charge >= 0.3 is 0 Å². The maximum atomic E-state index is 5.72. The number of rotatable bonds is 2. The van der Waals surface area contributed by atoms with Gasteiger partial charge in [-0.05, 0) is 25.1 Å². The lowest BCUT2D eigenvalue weighted by Crippen LogP contribution is -1.87. The smallest absolute Gasteiger partial charge is 0.128 e. The van der Waals surface area contributed by atoms with E-state index in [4.69, 9.17) is 16.3 Å². The van der Waals surface area contributed by atoms with E-state index in [0.29, 0.717) is 10.8 Å². The summed E-state index contributed by atoms with van der Waals surface area (Å²) in [4.78, 5) is 0. The highest BCUT2D eigenvalue weighted by Gasteiger charge is 1.93. The Balaban J connectivity index is 0.000000671. The molecule has 0 aliphatic rings. The van der Waals surface area contributed by atoms with Gasteiger partial charge in [-0.3, -0.25) is 0 Å². The Morgan fingerprint density at radius 3 is 2.46 bits per heavy atom. The summed E-state index contributed by atoms with van der Waals surface area (Å²) in [5.74, 6) is 1.39. The Hall–Kier alpha value is -0.950. The highest BCUT2D eigenvalue weighted by molar-refractivity contribution is 6.30. The summed E-state index contributed by atoms with van der Waals surface area (Å²) in [5, 5.41) is 0.670. The number of allylic oxidation sites excluding steroid dienone is 1. The second-order valence-electron chi connectivity index (χ2n) is 2.26. The normalized spacial score (nSPS) is 8.31. The molecular weight excluding hydrogens is 184 g/mol. The lowest BCUT2D eigenvalue weighted by Gasteiger charge is -2.03. The topological polar surface area (TPSA) is 9.23 Å². The summed E-state index contributed by atoms with van der Waals surface area (Å²) in [7, 11) is 0. The summed E-state index contributed by atoms with van der Waals surface area (Å²) in [6.07, 6.45) is 0. The van der Waals surface area contributed by atoms with Gasteiger partial charge in [0.2, 0.25) is 0 Å². The van der Waals surface area contributed by atoms with Crippen molar-refractivity contribution >= 4 is 11.6 Å². The zero-order chi connectivity index (χ0) is 10.3. The number of hydrogen-bond acceptors (Lipinski definition) is 1. The lowest BCUT2D eigenvalue weighted by molar-refractivity contribution is 0.430. The SMILES string of the molecule is C=C(C)Oc1cccc(Cl)c1.CC. The van der Waals surface area contributed by atoms with Gasteiger partial charge in [0.15, 0.2) is 0 Å². The molecule has 1 rings (SSSR count). The average Bonchev–Trinajstić information content (AvgIpc) is 2.06. The van der Waals surface area contributed by atoms with E-state index in [2.05, 4.69) is 6.58 Å². The first-order valence-corrected chi connectivity index (χ1v) is 4.65. The molecule has 0 bridgehead atoms. The van der Waals surface area contributed by atoms with E-state index in [1.807, 2.05) is 26.0 Å². The first-order chi connectivity index (χ1) is 6.18. The molecule has 2 heteroatoms. The molecule has 0 saturated carbocycles. The zero-order valence-electron chi connectivity index (χ0n) is 8.30. The minimum absolute atomic E-state index is 0.660. The quantitative estimate of drug-likeness (QED) is 0.645. The van der Waals surface area contributed by atoms with E-state index < -0.39 is 0 Å². The minimum Gasteiger partial charge on any atom is -0.463 e. The Kier molecular flexibility index (Phi) is 6.07. The van der Waals surface area contributed by atoms with Crippen LogP contribution in [0.25, 0.3) is 0 Å². The van der Waals surface area contributed by atoms with Gasteiger partial charge in [0.05, 0.1) is 5.76 Å². The van der Waals surface area contributed by atoms with E-state index >= 15 is 0 Å². The van der Waals surface area contributed by atoms with Crippen molar-refractivity contribution in [2.75, 3.05) is 0 Å². The molecule has 1 aromatic carbocycles. The molecule has 1 nitrogen and oxygen atoms in total. The predicted octanol–water partition coefficient (Wildman–Crippen LogP) is 4.28. The molecule has 1 aromatic rings. The van der Waals surface area contributed by atoms with Gasteiger partial charge < -0.3 is 4.74 Å². The van der Waals surface area contributed by atoms with Crippen molar-refractivity contribution in [2.24, 2.45) is 0 Å². The summed E-state index contributed by atoms with van der Waals surface area (Å²) < 4.78 is 5.22. The molecule has 72 valence electrons. The van der Waals surface area contributed by atoms with Gasteiger partial charge in [-0.15, -0.1) is 0 Å². The van der Waals surface area contributed by atoms with E-state index in [1.165, 1.54) is 0 Å². The summed E-state index contributed by atoms with van der Waals surface area (Å²) in [5.41, 5.74) is 0. The average molecular weight is 199 g/mol. The van der Waals surface area contributed by atoms with Gasteiger partial charge in [0.1, 0.15) is 5.75 Å². The van der Waals surface area contributed by atoms with Gasteiger partial charge in [0.25, 0.3) is 0 Å². The molecule has 0 N–H and O–H groups in total. The number of benzene rings is 1. The van der Waals surface area contributed by atoms with E-state index in [9.17, 15) is 0 Å². The van der Waals surface area contributed by atoms with E-state index in [-0.39, 0.29) is 0 Å². The molecule has 13 heavy (non-hydrogen) atoms. The number of ether oxygens (including phenoxy) is 1. The van der Waals surface area contributed by atoms with Crippen LogP contribution in [-0.2, 0) is 0 Å². The van der Waals surface area contributed by atoms with Crippen molar-refractivity contribution in [1.29, 1.82) is 0 Å². The van der Waals surface area contributed by atoms with Gasteiger partial charge in [-0.2, -0.15) is 0 Å². The van der Waals surface area contributed by atoms with Crippen LogP contribution in [0.15, 0.2) is 36.6 Å². The van der Waals surface area contributed by atoms with Crippen LogP contribution in [-0.4, -0.2) is 0 Å². The largest absolute Gasteiger partial charge is 0.463 e. The van der Waals surface area contributed by atoms with Crippen molar-refractivity contribution < 1.29 is 4.74 Å². The molecule has 0 aromatic heterocycles. The molecule has 0 spiro atoms. The first-order valence-electron chi connectivity index (χ1n) is 4.27. The van der Waals surface area contributed by atoms with Gasteiger partial charge in [-0.25, -0.2) is 0 Å². The van der Waals surface area contributed by atoms with Crippen LogP contribution in [0.1, 0.15) is 20.8 Å². The first kappa shape index (κ1) is 12.0. The molecule has 0 fully saturated rings. The Labute approximate surface area is 85.0 Å². The monoisotopic (exact) mass is 198 g/mol. The highest BCUT2D eigenvalue weighted by Crippen LogP contribution is 2.18. The molecule has 0 saturated heterocycles. The van der Waals surface area contributed by atoms with Crippen LogP contribution in [0.5, 0.6) is 5.75 Å². The van der Waals surface area contributed by atoms with Gasteiger partial charge in [0, 0.05) is 5.02 Å². The molecule has 0 radical (unpaired) electrons. The lowest BCUT2D eigenvalue weighted by atomic mass is 10.3. The molecule has 0 unspecified atom stereocenters. The zero-order valence-corrected chi connectivity index (χ0v) is 9.06. The van der Waals surface area contributed by atoms with Crippen LogP contribution in [0, 0.1) is 0 Å². The maximum absolute atomic E-state index is 5.72. The Morgan fingerprint density at radius 2 is 2.00 bits per heavy atom. The summed E-state index contributed by atoms with van der Waals surface area (Å²) in [6, 6.07) is 7.21. The minimum atomic E-state index is 0.660. The van der Waals surface area contributed by atoms with E-state index in [1.54, 1.807) is 19.1 Å². The van der Waals surface area contributed by atoms with Crippen molar-refractivity contribution in [3.05, 3.63) is 41.6 Å². The molecule has 0 aliphatic heterocycles. The van der Waals surface area contributed by atoms with Crippen molar-refractivity contribution in [3.8, 4) is 5.75 Å². The van der Waals surface area contributed by atoms with Gasteiger partial charge in [-0.1, -0.05) is 38.1 Å². The van der Waals surface area contributed by atoms with Crippen LogP contribution in [0.3, 0.4) is 0 Å². The maximum Gasteiger partial charge on any atom is 0.128 e. The molecular formula is C11H15ClO. The highest BCUT2D eigenvalue weighted by atomic mass is 35.5. The van der Waals surface area contributed by atoms with Crippen LogP contribution in [0.4, 0.5) is 0 Å². The fraction of sp³-hybridized carbons (Fsp3) is 0.273. The Bertz CT molecular complexity index is 269. The third-order valence-corrected chi connectivity index (χ3v) is 1.32. The van der Waals surface area contributed by atoms with Crippen molar-refractivity contribution in [2.45, 2.75) is 20.8 Å². The third kappa shape index (κ3) is 5.31. The summed E-state index contributed by atoms with van der Waals surface area (Å²) >= 11 is 5.72. The van der Waals surface area contributed by atoms with Crippen molar-refractivity contribution in [1.82, 2.24) is 0 Å². The van der Waals surface area contributed by atoms with E-state index in [0.717, 1.165) is 5.75 Å². The molecule has 0 heterocycles. The number of hydrogen-bond donors (Lipinski definition) is 0. The fourth-order valence-electron chi connectivity index (χ4n) is 0.732. The number of halogens is 1. The second-order valence-corrected chi connectivity index (χ2v) is 2.70.